The molecular formula is C17H24N4O. The van der Waals surface area contributed by atoms with Crippen LogP contribution in [0.5, 0.6) is 0 Å². The van der Waals surface area contributed by atoms with Gasteiger partial charge < -0.3 is 27.2 Å². The second-order valence-electron chi connectivity index (χ2n) is 5.41. The molecular weight excluding hydrogens is 276 g/mol. The van der Waals surface area contributed by atoms with E-state index in [1.807, 2.05) is 48.5 Å². The maximum absolute atomic E-state index is 9.94. The highest BCUT2D eigenvalue weighted by Gasteiger charge is 2.03. The minimum atomic E-state index is -0.442. The molecule has 0 aromatic heterocycles. The standard InChI is InChI=1S/C17H24N4O/c18-15-5-1-3-13(7-15)9-20-11-17(22)12-21-10-14-4-2-6-16(19)8-14/h1-8,17,20-22H,9-12,18-19H2. The average Bonchev–Trinajstić information content (AvgIpc) is 2.47. The van der Waals surface area contributed by atoms with Gasteiger partial charge in [-0.2, -0.15) is 0 Å². The van der Waals surface area contributed by atoms with Crippen molar-refractivity contribution in [3.8, 4) is 0 Å². The van der Waals surface area contributed by atoms with Crippen molar-refractivity contribution in [3.63, 3.8) is 0 Å². The van der Waals surface area contributed by atoms with Gasteiger partial charge in [0.25, 0.3) is 0 Å². The number of benzene rings is 2. The van der Waals surface area contributed by atoms with Gasteiger partial charge in [0.15, 0.2) is 0 Å². The minimum Gasteiger partial charge on any atom is -0.399 e. The molecule has 5 heteroatoms. The van der Waals surface area contributed by atoms with Crippen LogP contribution >= 0.6 is 0 Å². The molecule has 2 aromatic rings. The Hall–Kier alpha value is -2.08. The van der Waals surface area contributed by atoms with E-state index < -0.39 is 6.10 Å². The minimum absolute atomic E-state index is 0.442. The van der Waals surface area contributed by atoms with Crippen LogP contribution in [-0.4, -0.2) is 24.3 Å². The number of aliphatic hydroxyl groups is 1. The molecule has 0 radical (unpaired) electrons. The van der Waals surface area contributed by atoms with Crippen molar-refractivity contribution in [3.05, 3.63) is 59.7 Å². The summed E-state index contributed by atoms with van der Waals surface area (Å²) in [5, 5.41) is 16.4. The first-order valence-corrected chi connectivity index (χ1v) is 7.42. The predicted molar refractivity (Wildman–Crippen MR) is 91.1 cm³/mol. The van der Waals surface area contributed by atoms with E-state index in [0.29, 0.717) is 26.2 Å². The topological polar surface area (TPSA) is 96.3 Å². The number of nitrogens with one attached hydrogen (secondary N) is 2. The van der Waals surface area contributed by atoms with E-state index in [-0.39, 0.29) is 0 Å². The molecule has 0 aliphatic heterocycles. The summed E-state index contributed by atoms with van der Waals surface area (Å²) < 4.78 is 0. The summed E-state index contributed by atoms with van der Waals surface area (Å²) in [6, 6.07) is 15.4. The van der Waals surface area contributed by atoms with Gasteiger partial charge in [-0.1, -0.05) is 24.3 Å². The van der Waals surface area contributed by atoms with Crippen LogP contribution in [0, 0.1) is 0 Å². The largest absolute Gasteiger partial charge is 0.399 e. The first-order chi connectivity index (χ1) is 10.6. The number of nitrogen functional groups attached to an aromatic ring is 2. The van der Waals surface area contributed by atoms with E-state index in [1.54, 1.807) is 0 Å². The smallest absolute Gasteiger partial charge is 0.0788 e. The van der Waals surface area contributed by atoms with Crippen LogP contribution in [0.1, 0.15) is 11.1 Å². The zero-order valence-corrected chi connectivity index (χ0v) is 12.6. The molecule has 5 nitrogen and oxygen atoms in total. The third kappa shape index (κ3) is 5.73. The van der Waals surface area contributed by atoms with Gasteiger partial charge in [-0.3, -0.25) is 0 Å². The summed E-state index contributed by atoms with van der Waals surface area (Å²) in [5.41, 5.74) is 15.2. The molecule has 0 saturated heterocycles. The van der Waals surface area contributed by atoms with Gasteiger partial charge in [0, 0.05) is 37.6 Å². The fourth-order valence-corrected chi connectivity index (χ4v) is 2.24. The molecule has 22 heavy (non-hydrogen) atoms. The Morgan fingerprint density at radius 1 is 0.818 bits per heavy atom. The summed E-state index contributed by atoms with van der Waals surface area (Å²) in [4.78, 5) is 0. The van der Waals surface area contributed by atoms with E-state index in [1.165, 1.54) is 0 Å². The predicted octanol–water partition coefficient (Wildman–Crippen LogP) is 1.09. The zero-order valence-electron chi connectivity index (χ0n) is 12.6. The number of hydrogen-bond donors (Lipinski definition) is 5. The van der Waals surface area contributed by atoms with Crippen molar-refractivity contribution in [1.82, 2.24) is 10.6 Å². The lowest BCUT2D eigenvalue weighted by molar-refractivity contribution is 0.168. The summed E-state index contributed by atoms with van der Waals surface area (Å²) in [6.45, 7) is 2.44. The molecule has 7 N–H and O–H groups in total. The fraction of sp³-hybridized carbons (Fsp3) is 0.294. The van der Waals surface area contributed by atoms with E-state index in [2.05, 4.69) is 10.6 Å². The molecule has 0 aliphatic carbocycles. The molecule has 118 valence electrons. The van der Waals surface area contributed by atoms with E-state index >= 15 is 0 Å². The summed E-state index contributed by atoms with van der Waals surface area (Å²) >= 11 is 0. The molecule has 2 aromatic carbocycles. The molecule has 2 rings (SSSR count). The second-order valence-corrected chi connectivity index (χ2v) is 5.41. The molecule has 0 saturated carbocycles. The van der Waals surface area contributed by atoms with Crippen LogP contribution < -0.4 is 22.1 Å². The monoisotopic (exact) mass is 300 g/mol. The van der Waals surface area contributed by atoms with Gasteiger partial charge in [-0.05, 0) is 35.4 Å². The Balaban J connectivity index is 1.62. The van der Waals surface area contributed by atoms with Crippen LogP contribution in [0.15, 0.2) is 48.5 Å². The van der Waals surface area contributed by atoms with Crippen LogP contribution in [-0.2, 0) is 13.1 Å². The average molecular weight is 300 g/mol. The summed E-state index contributed by atoms with van der Waals surface area (Å²) in [6.07, 6.45) is -0.442. The molecule has 0 atom stereocenters. The van der Waals surface area contributed by atoms with Gasteiger partial charge >= 0.3 is 0 Å². The number of nitrogens with two attached hydrogens (primary N) is 2. The van der Waals surface area contributed by atoms with Crippen LogP contribution in [0.4, 0.5) is 11.4 Å². The van der Waals surface area contributed by atoms with Crippen LogP contribution in [0.3, 0.4) is 0 Å². The van der Waals surface area contributed by atoms with Crippen LogP contribution in [0.25, 0.3) is 0 Å². The van der Waals surface area contributed by atoms with E-state index in [4.69, 9.17) is 11.5 Å². The van der Waals surface area contributed by atoms with Gasteiger partial charge in [-0.25, -0.2) is 0 Å². The lowest BCUT2D eigenvalue weighted by atomic mass is 10.2. The normalized spacial score (nSPS) is 11.0. The number of hydrogen-bond acceptors (Lipinski definition) is 5. The molecule has 0 heterocycles. The van der Waals surface area contributed by atoms with E-state index in [9.17, 15) is 5.11 Å². The maximum Gasteiger partial charge on any atom is 0.0788 e. The Kier molecular flexibility index (Phi) is 6.21. The Morgan fingerprint density at radius 3 is 1.68 bits per heavy atom. The zero-order chi connectivity index (χ0) is 15.8. The van der Waals surface area contributed by atoms with Crippen molar-refractivity contribution in [2.45, 2.75) is 19.2 Å². The number of rotatable bonds is 8. The highest BCUT2D eigenvalue weighted by Crippen LogP contribution is 2.06. The van der Waals surface area contributed by atoms with Gasteiger partial charge in [0.2, 0.25) is 0 Å². The first kappa shape index (κ1) is 16.3. The molecule has 0 aliphatic rings. The summed E-state index contributed by atoms with van der Waals surface area (Å²) in [7, 11) is 0. The third-order valence-electron chi connectivity index (χ3n) is 3.32. The van der Waals surface area contributed by atoms with Crippen molar-refractivity contribution in [1.29, 1.82) is 0 Å². The highest BCUT2D eigenvalue weighted by atomic mass is 16.3. The Bertz CT molecular complexity index is 537. The van der Waals surface area contributed by atoms with Crippen molar-refractivity contribution >= 4 is 11.4 Å². The lowest BCUT2D eigenvalue weighted by Crippen LogP contribution is -2.35. The molecule has 0 unspecified atom stereocenters. The van der Waals surface area contributed by atoms with Gasteiger partial charge in [-0.15, -0.1) is 0 Å². The van der Waals surface area contributed by atoms with Gasteiger partial charge in [0.05, 0.1) is 6.10 Å². The van der Waals surface area contributed by atoms with Crippen molar-refractivity contribution in [2.75, 3.05) is 24.6 Å². The summed E-state index contributed by atoms with van der Waals surface area (Å²) in [5.74, 6) is 0. The lowest BCUT2D eigenvalue weighted by Gasteiger charge is -2.13. The van der Waals surface area contributed by atoms with Crippen molar-refractivity contribution < 1.29 is 5.11 Å². The SMILES string of the molecule is Nc1cccc(CNCC(O)CNCc2cccc(N)c2)c1. The molecule has 0 fully saturated rings. The fourth-order valence-electron chi connectivity index (χ4n) is 2.24. The molecule has 0 spiro atoms. The van der Waals surface area contributed by atoms with Crippen LogP contribution in [0.2, 0.25) is 0 Å². The van der Waals surface area contributed by atoms with Crippen molar-refractivity contribution in [2.24, 2.45) is 0 Å². The quantitative estimate of drug-likeness (QED) is 0.470. The number of anilines is 2. The first-order valence-electron chi connectivity index (χ1n) is 7.42. The molecule has 0 bridgehead atoms. The Morgan fingerprint density at radius 2 is 1.27 bits per heavy atom. The van der Waals surface area contributed by atoms with Gasteiger partial charge in [0.1, 0.15) is 0 Å². The number of aliphatic hydroxyl groups excluding tert-OH is 1. The second kappa shape index (κ2) is 8.38. The highest BCUT2D eigenvalue weighted by molar-refractivity contribution is 5.41. The maximum atomic E-state index is 9.94. The van der Waals surface area contributed by atoms with E-state index in [0.717, 1.165) is 22.5 Å². The molecule has 0 amide bonds. The Labute approximate surface area is 131 Å². The third-order valence-corrected chi connectivity index (χ3v) is 3.32.